The Labute approximate surface area is 169 Å². The van der Waals surface area contributed by atoms with Gasteiger partial charge in [-0.2, -0.15) is 0 Å². The van der Waals surface area contributed by atoms with Gasteiger partial charge in [-0.25, -0.2) is 23.2 Å². The third-order valence-corrected chi connectivity index (χ3v) is 6.29. The van der Waals surface area contributed by atoms with E-state index in [2.05, 4.69) is 15.3 Å². The number of nitrogens with one attached hydrogen (secondary N) is 1. The molecule has 1 aromatic carbocycles. The van der Waals surface area contributed by atoms with E-state index in [1.54, 1.807) is 30.3 Å². The normalized spacial score (nSPS) is 15.7. The Morgan fingerprint density at radius 1 is 1.24 bits per heavy atom. The molecule has 2 aromatic rings. The second-order valence-electron chi connectivity index (χ2n) is 6.81. The van der Waals surface area contributed by atoms with E-state index in [0.717, 1.165) is 0 Å². The standard InChI is InChI=1S/C19H24N4O5S/c1-3-16(29(2,26)27)15-12-17(23-8-10-28-11-9-23)22-18(21-15)13-4-6-14(7-5-13)20-19(24)25/h4-7,12,16,20H,3,8-11H2,1-2H3,(H,24,25). The molecule has 1 aromatic heterocycles. The Hall–Kier alpha value is -2.72. The van der Waals surface area contributed by atoms with Gasteiger partial charge < -0.3 is 14.7 Å². The molecule has 0 saturated carbocycles. The number of morpholine rings is 1. The van der Waals surface area contributed by atoms with Crippen molar-refractivity contribution in [1.29, 1.82) is 0 Å². The first-order valence-electron chi connectivity index (χ1n) is 9.29. The van der Waals surface area contributed by atoms with E-state index in [1.807, 2.05) is 11.8 Å². The zero-order valence-electron chi connectivity index (χ0n) is 16.3. The van der Waals surface area contributed by atoms with E-state index in [0.29, 0.717) is 61.3 Å². The van der Waals surface area contributed by atoms with Crippen LogP contribution in [0.3, 0.4) is 0 Å². The zero-order chi connectivity index (χ0) is 21.0. The van der Waals surface area contributed by atoms with Crippen molar-refractivity contribution in [2.75, 3.05) is 42.8 Å². The Morgan fingerprint density at radius 3 is 2.45 bits per heavy atom. The van der Waals surface area contributed by atoms with Crippen LogP contribution in [0.4, 0.5) is 16.3 Å². The summed E-state index contributed by atoms with van der Waals surface area (Å²) in [7, 11) is -3.34. The highest BCUT2D eigenvalue weighted by Crippen LogP contribution is 2.29. The molecule has 10 heteroatoms. The zero-order valence-corrected chi connectivity index (χ0v) is 17.1. The lowest BCUT2D eigenvalue weighted by Crippen LogP contribution is -2.37. The van der Waals surface area contributed by atoms with E-state index >= 15 is 0 Å². The molecule has 1 aliphatic rings. The summed E-state index contributed by atoms with van der Waals surface area (Å²) in [6.07, 6.45) is 0.466. The van der Waals surface area contributed by atoms with Crippen molar-refractivity contribution in [3.8, 4) is 11.4 Å². The highest BCUT2D eigenvalue weighted by Gasteiger charge is 2.25. The number of carboxylic acid groups (broad SMARTS) is 1. The second-order valence-corrected chi connectivity index (χ2v) is 9.04. The maximum Gasteiger partial charge on any atom is 0.409 e. The number of carbonyl (C=O) groups is 1. The summed E-state index contributed by atoms with van der Waals surface area (Å²) < 4.78 is 30.0. The molecule has 29 heavy (non-hydrogen) atoms. The lowest BCUT2D eigenvalue weighted by molar-refractivity contribution is 0.122. The van der Waals surface area contributed by atoms with E-state index in [-0.39, 0.29) is 0 Å². The van der Waals surface area contributed by atoms with Crippen molar-refractivity contribution in [3.63, 3.8) is 0 Å². The lowest BCUT2D eigenvalue weighted by atomic mass is 10.1. The molecular formula is C19H24N4O5S. The maximum absolute atomic E-state index is 12.3. The van der Waals surface area contributed by atoms with Gasteiger partial charge in [0.15, 0.2) is 15.7 Å². The highest BCUT2D eigenvalue weighted by atomic mass is 32.2. The molecule has 0 spiro atoms. The molecule has 0 aliphatic carbocycles. The largest absolute Gasteiger partial charge is 0.465 e. The van der Waals surface area contributed by atoms with E-state index in [1.165, 1.54) is 6.26 Å². The van der Waals surface area contributed by atoms with Gasteiger partial charge in [-0.15, -0.1) is 0 Å². The van der Waals surface area contributed by atoms with Gasteiger partial charge in [0.2, 0.25) is 0 Å². The molecular weight excluding hydrogens is 396 g/mol. The second kappa shape index (κ2) is 8.75. The van der Waals surface area contributed by atoms with Crippen molar-refractivity contribution in [1.82, 2.24) is 9.97 Å². The Kier molecular flexibility index (Phi) is 6.33. The third-order valence-electron chi connectivity index (χ3n) is 4.68. The van der Waals surface area contributed by atoms with Crippen LogP contribution in [-0.4, -0.2) is 62.1 Å². The van der Waals surface area contributed by atoms with Gasteiger partial charge in [0, 0.05) is 36.7 Å². The molecule has 3 rings (SSSR count). The first-order valence-corrected chi connectivity index (χ1v) is 11.2. The van der Waals surface area contributed by atoms with Gasteiger partial charge in [0.25, 0.3) is 0 Å². The predicted octanol–water partition coefficient (Wildman–Crippen LogP) is 2.57. The van der Waals surface area contributed by atoms with Crippen LogP contribution in [0.5, 0.6) is 0 Å². The Morgan fingerprint density at radius 2 is 1.90 bits per heavy atom. The van der Waals surface area contributed by atoms with Crippen molar-refractivity contribution in [2.45, 2.75) is 18.6 Å². The fourth-order valence-corrected chi connectivity index (χ4v) is 4.42. The molecule has 9 nitrogen and oxygen atoms in total. The summed E-state index contributed by atoms with van der Waals surface area (Å²) >= 11 is 0. The summed E-state index contributed by atoms with van der Waals surface area (Å²) in [6.45, 7) is 4.29. The molecule has 1 amide bonds. The number of rotatable bonds is 6. The monoisotopic (exact) mass is 420 g/mol. The molecule has 2 N–H and O–H groups in total. The number of benzene rings is 1. The molecule has 156 valence electrons. The fraction of sp³-hybridized carbons (Fsp3) is 0.421. The minimum Gasteiger partial charge on any atom is -0.465 e. The first kappa shape index (κ1) is 21.0. The molecule has 0 bridgehead atoms. The van der Waals surface area contributed by atoms with Crippen molar-refractivity contribution >= 4 is 27.4 Å². The third kappa shape index (κ3) is 5.21. The van der Waals surface area contributed by atoms with Gasteiger partial charge in [-0.1, -0.05) is 6.92 Å². The van der Waals surface area contributed by atoms with Crippen LogP contribution in [0.25, 0.3) is 11.4 Å². The number of sulfone groups is 1. The first-order chi connectivity index (χ1) is 13.8. The number of ether oxygens (including phenoxy) is 1. The van der Waals surface area contributed by atoms with Crippen molar-refractivity contribution in [3.05, 3.63) is 36.0 Å². The van der Waals surface area contributed by atoms with Crippen LogP contribution in [0.1, 0.15) is 24.3 Å². The van der Waals surface area contributed by atoms with Gasteiger partial charge >= 0.3 is 6.09 Å². The topological polar surface area (TPSA) is 122 Å². The molecule has 1 fully saturated rings. The summed E-state index contributed by atoms with van der Waals surface area (Å²) in [4.78, 5) is 22.0. The summed E-state index contributed by atoms with van der Waals surface area (Å²) in [5.74, 6) is 1.05. The highest BCUT2D eigenvalue weighted by molar-refractivity contribution is 7.90. The number of nitrogens with zero attached hydrogens (tertiary/aromatic N) is 3. The average molecular weight is 420 g/mol. The Balaban J connectivity index is 2.05. The van der Waals surface area contributed by atoms with E-state index in [9.17, 15) is 13.2 Å². The van der Waals surface area contributed by atoms with E-state index in [4.69, 9.17) is 9.84 Å². The van der Waals surface area contributed by atoms with Crippen molar-refractivity contribution < 1.29 is 23.1 Å². The number of aromatic nitrogens is 2. The van der Waals surface area contributed by atoms with Crippen LogP contribution in [0.15, 0.2) is 30.3 Å². The van der Waals surface area contributed by atoms with Crippen LogP contribution in [0.2, 0.25) is 0 Å². The fourth-order valence-electron chi connectivity index (χ4n) is 3.26. The van der Waals surface area contributed by atoms with Gasteiger partial charge in [-0.3, -0.25) is 5.32 Å². The quantitative estimate of drug-likeness (QED) is 0.731. The van der Waals surface area contributed by atoms with Crippen LogP contribution in [-0.2, 0) is 14.6 Å². The number of hydrogen-bond acceptors (Lipinski definition) is 7. The van der Waals surface area contributed by atoms with Crippen LogP contribution >= 0.6 is 0 Å². The molecule has 1 aliphatic heterocycles. The predicted molar refractivity (Wildman–Crippen MR) is 110 cm³/mol. The Bertz CT molecular complexity index is 973. The smallest absolute Gasteiger partial charge is 0.409 e. The van der Waals surface area contributed by atoms with Gasteiger partial charge in [0.05, 0.1) is 18.9 Å². The summed E-state index contributed by atoms with van der Waals surface area (Å²) in [5.41, 5.74) is 1.54. The maximum atomic E-state index is 12.3. The molecule has 0 radical (unpaired) electrons. The number of hydrogen-bond donors (Lipinski definition) is 2. The van der Waals surface area contributed by atoms with Crippen molar-refractivity contribution in [2.24, 2.45) is 0 Å². The minimum atomic E-state index is -3.34. The number of anilines is 2. The van der Waals surface area contributed by atoms with E-state index < -0.39 is 21.2 Å². The molecule has 1 saturated heterocycles. The SMILES string of the molecule is CCC(c1cc(N2CCOCC2)nc(-c2ccc(NC(=O)O)cc2)n1)S(C)(=O)=O. The molecule has 1 atom stereocenters. The average Bonchev–Trinajstić information content (AvgIpc) is 2.68. The van der Waals surface area contributed by atoms with Crippen LogP contribution in [0, 0.1) is 0 Å². The van der Waals surface area contributed by atoms with Gasteiger partial charge in [0.1, 0.15) is 11.1 Å². The lowest BCUT2D eigenvalue weighted by Gasteiger charge is -2.28. The molecule has 2 heterocycles. The minimum absolute atomic E-state index is 0.396. The number of amides is 1. The summed E-state index contributed by atoms with van der Waals surface area (Å²) in [5, 5.41) is 10.4. The van der Waals surface area contributed by atoms with Crippen LogP contribution < -0.4 is 10.2 Å². The van der Waals surface area contributed by atoms with Gasteiger partial charge in [-0.05, 0) is 30.7 Å². The molecule has 1 unspecified atom stereocenters. The summed E-state index contributed by atoms with van der Waals surface area (Å²) in [6, 6.07) is 8.37.